The Balaban J connectivity index is 1.71. The Kier molecular flexibility index (Phi) is 5.72. The van der Waals surface area contributed by atoms with Gasteiger partial charge in [0.25, 0.3) is 5.91 Å². The molecule has 1 aliphatic rings. The maximum atomic E-state index is 12.9. The Hall–Kier alpha value is -2.61. The predicted molar refractivity (Wildman–Crippen MR) is 106 cm³/mol. The summed E-state index contributed by atoms with van der Waals surface area (Å²) in [5.74, 6) is 0.719. The van der Waals surface area contributed by atoms with Gasteiger partial charge in [-0.15, -0.1) is 0 Å². The maximum Gasteiger partial charge on any atom is 0.274 e. The van der Waals surface area contributed by atoms with Gasteiger partial charge in [0.15, 0.2) is 5.11 Å². The Morgan fingerprint density at radius 3 is 2.73 bits per heavy atom. The molecule has 2 heterocycles. The van der Waals surface area contributed by atoms with Crippen molar-refractivity contribution in [1.29, 1.82) is 0 Å². The van der Waals surface area contributed by atoms with Crippen molar-refractivity contribution in [3.8, 4) is 5.75 Å². The van der Waals surface area contributed by atoms with E-state index in [0.29, 0.717) is 16.5 Å². The van der Waals surface area contributed by atoms with E-state index in [1.165, 1.54) is 6.42 Å². The van der Waals surface area contributed by atoms with Crippen LogP contribution >= 0.6 is 12.2 Å². The van der Waals surface area contributed by atoms with Crippen LogP contribution in [0.3, 0.4) is 0 Å². The highest BCUT2D eigenvalue weighted by Crippen LogP contribution is 2.21. The fourth-order valence-corrected chi connectivity index (χ4v) is 3.24. The van der Waals surface area contributed by atoms with Crippen molar-refractivity contribution in [2.24, 2.45) is 7.05 Å². The third-order valence-electron chi connectivity index (χ3n) is 4.36. The summed E-state index contributed by atoms with van der Waals surface area (Å²) in [6.45, 7) is 1.58. The SMILES string of the molecule is COc1cccc(NC(=S)Nc2cnn(C)c2C(=O)N2CCCCC2)c1. The number of ether oxygens (including phenoxy) is 1. The van der Waals surface area contributed by atoms with Gasteiger partial charge in [0.1, 0.15) is 11.4 Å². The fourth-order valence-electron chi connectivity index (χ4n) is 3.01. The van der Waals surface area contributed by atoms with E-state index >= 15 is 0 Å². The van der Waals surface area contributed by atoms with Crippen LogP contribution in [-0.2, 0) is 7.05 Å². The fraction of sp³-hybridized carbons (Fsp3) is 0.389. The summed E-state index contributed by atoms with van der Waals surface area (Å²) in [7, 11) is 3.38. The Bertz CT molecular complexity index is 799. The van der Waals surface area contributed by atoms with Crippen molar-refractivity contribution >= 4 is 34.6 Å². The van der Waals surface area contributed by atoms with Crippen LogP contribution in [0, 0.1) is 0 Å². The molecule has 138 valence electrons. The molecule has 1 saturated heterocycles. The summed E-state index contributed by atoms with van der Waals surface area (Å²) in [5, 5.41) is 10.8. The van der Waals surface area contributed by atoms with E-state index in [2.05, 4.69) is 15.7 Å². The average molecular weight is 373 g/mol. The van der Waals surface area contributed by atoms with Crippen molar-refractivity contribution in [1.82, 2.24) is 14.7 Å². The lowest BCUT2D eigenvalue weighted by Crippen LogP contribution is -2.37. The molecule has 0 aliphatic carbocycles. The number of likely N-dealkylation sites (tertiary alicyclic amines) is 1. The number of rotatable bonds is 4. The Labute approximate surface area is 158 Å². The van der Waals surface area contributed by atoms with Gasteiger partial charge >= 0.3 is 0 Å². The molecule has 0 radical (unpaired) electrons. The number of hydrogen-bond acceptors (Lipinski definition) is 4. The van der Waals surface area contributed by atoms with Gasteiger partial charge in [-0.1, -0.05) is 6.07 Å². The van der Waals surface area contributed by atoms with Gasteiger partial charge in [-0.2, -0.15) is 5.10 Å². The number of nitrogens with one attached hydrogen (secondary N) is 2. The predicted octanol–water partition coefficient (Wildman–Crippen LogP) is 2.86. The number of anilines is 2. The highest BCUT2D eigenvalue weighted by molar-refractivity contribution is 7.80. The minimum absolute atomic E-state index is 0.0172. The van der Waals surface area contributed by atoms with E-state index in [1.807, 2.05) is 29.2 Å². The molecule has 1 aliphatic heterocycles. The quantitative estimate of drug-likeness (QED) is 0.803. The molecule has 0 unspecified atom stereocenters. The average Bonchev–Trinajstić information content (AvgIpc) is 3.02. The molecule has 2 aromatic rings. The Morgan fingerprint density at radius 2 is 2.00 bits per heavy atom. The van der Waals surface area contributed by atoms with Crippen LogP contribution in [0.5, 0.6) is 5.75 Å². The number of aromatic nitrogens is 2. The molecule has 1 aromatic heterocycles. The van der Waals surface area contributed by atoms with Gasteiger partial charge in [0, 0.05) is 31.9 Å². The van der Waals surface area contributed by atoms with E-state index in [9.17, 15) is 4.79 Å². The number of carbonyl (C=O) groups excluding carboxylic acids is 1. The molecular weight excluding hydrogens is 350 g/mol. The van der Waals surface area contributed by atoms with Crippen molar-refractivity contribution in [2.75, 3.05) is 30.8 Å². The molecule has 0 atom stereocenters. The van der Waals surface area contributed by atoms with Gasteiger partial charge in [-0.05, 0) is 43.6 Å². The standard InChI is InChI=1S/C18H23N5O2S/c1-22-16(17(24)23-9-4-3-5-10-23)15(12-19-22)21-18(26)20-13-7-6-8-14(11-13)25-2/h6-8,11-12H,3-5,9-10H2,1-2H3,(H2,20,21,26). The number of aryl methyl sites for hydroxylation is 1. The number of carbonyl (C=O) groups is 1. The van der Waals surface area contributed by atoms with Crippen LogP contribution in [0.2, 0.25) is 0 Å². The summed E-state index contributed by atoms with van der Waals surface area (Å²) in [6.07, 6.45) is 4.88. The molecule has 26 heavy (non-hydrogen) atoms. The molecule has 1 amide bonds. The molecule has 7 nitrogen and oxygen atoms in total. The molecule has 2 N–H and O–H groups in total. The molecule has 0 spiro atoms. The topological polar surface area (TPSA) is 71.4 Å². The molecular formula is C18H23N5O2S. The lowest BCUT2D eigenvalue weighted by atomic mass is 10.1. The number of methoxy groups -OCH3 is 1. The molecule has 8 heteroatoms. The summed E-state index contributed by atoms with van der Waals surface area (Å²) < 4.78 is 6.80. The van der Waals surface area contributed by atoms with Crippen molar-refractivity contribution in [3.05, 3.63) is 36.2 Å². The minimum Gasteiger partial charge on any atom is -0.497 e. The second-order valence-electron chi connectivity index (χ2n) is 6.19. The van der Waals surface area contributed by atoms with Crippen molar-refractivity contribution in [3.63, 3.8) is 0 Å². The summed E-state index contributed by atoms with van der Waals surface area (Å²) in [5.41, 5.74) is 1.92. The first-order valence-corrected chi connectivity index (χ1v) is 9.02. The third kappa shape index (κ3) is 4.13. The Morgan fingerprint density at radius 1 is 1.23 bits per heavy atom. The van der Waals surface area contributed by atoms with Crippen LogP contribution in [0.1, 0.15) is 29.8 Å². The number of nitrogens with zero attached hydrogens (tertiary/aromatic N) is 3. The lowest BCUT2D eigenvalue weighted by Gasteiger charge is -2.27. The number of hydrogen-bond donors (Lipinski definition) is 2. The summed E-state index contributed by atoms with van der Waals surface area (Å²) in [4.78, 5) is 14.7. The van der Waals surface area contributed by atoms with E-state index in [4.69, 9.17) is 17.0 Å². The first-order chi connectivity index (χ1) is 12.6. The first kappa shape index (κ1) is 18.2. The molecule has 1 aromatic carbocycles. The third-order valence-corrected chi connectivity index (χ3v) is 4.56. The van der Waals surface area contributed by atoms with E-state index in [0.717, 1.165) is 37.4 Å². The molecule has 0 bridgehead atoms. The first-order valence-electron chi connectivity index (χ1n) is 8.62. The van der Waals surface area contributed by atoms with Gasteiger partial charge < -0.3 is 20.3 Å². The van der Waals surface area contributed by atoms with E-state index < -0.39 is 0 Å². The minimum atomic E-state index is -0.0172. The van der Waals surface area contributed by atoms with Gasteiger partial charge in [0.05, 0.1) is 19.0 Å². The zero-order chi connectivity index (χ0) is 18.5. The summed E-state index contributed by atoms with van der Waals surface area (Å²) in [6, 6.07) is 7.47. The second-order valence-corrected chi connectivity index (χ2v) is 6.60. The van der Waals surface area contributed by atoms with Gasteiger partial charge in [0.2, 0.25) is 0 Å². The molecule has 0 saturated carbocycles. The zero-order valence-electron chi connectivity index (χ0n) is 15.0. The van der Waals surface area contributed by atoms with Crippen LogP contribution in [0.25, 0.3) is 0 Å². The van der Waals surface area contributed by atoms with Crippen LogP contribution in [0.15, 0.2) is 30.5 Å². The highest BCUT2D eigenvalue weighted by atomic mass is 32.1. The molecule has 3 rings (SSSR count). The lowest BCUT2D eigenvalue weighted by molar-refractivity contribution is 0.0714. The monoisotopic (exact) mass is 373 g/mol. The number of amides is 1. The summed E-state index contributed by atoms with van der Waals surface area (Å²) >= 11 is 5.38. The van der Waals surface area contributed by atoms with Crippen molar-refractivity contribution < 1.29 is 9.53 Å². The van der Waals surface area contributed by atoms with Gasteiger partial charge in [-0.25, -0.2) is 0 Å². The number of benzene rings is 1. The van der Waals surface area contributed by atoms with Crippen LogP contribution in [-0.4, -0.2) is 45.9 Å². The van der Waals surface area contributed by atoms with E-state index in [1.54, 1.807) is 25.0 Å². The highest BCUT2D eigenvalue weighted by Gasteiger charge is 2.24. The van der Waals surface area contributed by atoms with Crippen molar-refractivity contribution in [2.45, 2.75) is 19.3 Å². The van der Waals surface area contributed by atoms with Gasteiger partial charge in [-0.3, -0.25) is 9.48 Å². The molecule has 1 fully saturated rings. The smallest absolute Gasteiger partial charge is 0.274 e. The van der Waals surface area contributed by atoms with Crippen LogP contribution < -0.4 is 15.4 Å². The van der Waals surface area contributed by atoms with Crippen LogP contribution in [0.4, 0.5) is 11.4 Å². The maximum absolute atomic E-state index is 12.9. The number of thiocarbonyl (C=S) groups is 1. The zero-order valence-corrected chi connectivity index (χ0v) is 15.8. The van der Waals surface area contributed by atoms with E-state index in [-0.39, 0.29) is 5.91 Å². The normalized spacial score (nSPS) is 14.0. The second kappa shape index (κ2) is 8.18. The number of piperidine rings is 1. The largest absolute Gasteiger partial charge is 0.497 e.